The van der Waals surface area contributed by atoms with Gasteiger partial charge < -0.3 is 9.88 Å². The van der Waals surface area contributed by atoms with Crippen LogP contribution in [-0.2, 0) is 17.8 Å². The minimum Gasteiger partial charge on any atom is -0.342 e. The Morgan fingerprint density at radius 2 is 2.09 bits per heavy atom. The Bertz CT molecular complexity index is 1290. The second-order valence-electron chi connectivity index (χ2n) is 8.29. The zero-order valence-corrected chi connectivity index (χ0v) is 18.6. The zero-order chi connectivity index (χ0) is 22.1. The third-order valence-corrected chi connectivity index (χ3v) is 6.79. The van der Waals surface area contributed by atoms with Crippen LogP contribution in [0, 0.1) is 6.92 Å². The monoisotopic (exact) mass is 448 g/mol. The number of benzene rings is 1. The van der Waals surface area contributed by atoms with Gasteiger partial charge >= 0.3 is 0 Å². The van der Waals surface area contributed by atoms with Crippen LogP contribution < -0.4 is 5.56 Å². The van der Waals surface area contributed by atoms with Crippen LogP contribution in [0.25, 0.3) is 11.2 Å². The number of carbonyl (C=O) groups excluding carboxylic acids is 1. The molecule has 0 bridgehead atoms. The molecule has 8 nitrogen and oxygen atoms in total. The number of likely N-dealkylation sites (tertiary alicyclic amines) is 1. The molecule has 0 spiro atoms. The number of aromatic amines is 1. The van der Waals surface area contributed by atoms with Gasteiger partial charge in [0.1, 0.15) is 5.82 Å². The van der Waals surface area contributed by atoms with Crippen molar-refractivity contribution < 1.29 is 4.79 Å². The van der Waals surface area contributed by atoms with Gasteiger partial charge in [-0.15, -0.1) is 16.4 Å². The Balaban J connectivity index is 1.39. The minimum atomic E-state index is -0.290. The summed E-state index contributed by atoms with van der Waals surface area (Å²) in [7, 11) is 0. The van der Waals surface area contributed by atoms with E-state index in [4.69, 9.17) is 4.98 Å². The van der Waals surface area contributed by atoms with Gasteiger partial charge in [0.2, 0.25) is 5.91 Å². The number of thiophene rings is 1. The molecule has 164 valence electrons. The van der Waals surface area contributed by atoms with Crippen molar-refractivity contribution >= 4 is 28.4 Å². The van der Waals surface area contributed by atoms with Crippen LogP contribution in [0.15, 0.2) is 46.6 Å². The average molecular weight is 449 g/mol. The summed E-state index contributed by atoms with van der Waals surface area (Å²) in [4.78, 5) is 36.1. The standard InChI is InChI=1S/C23H24N6O2S/c1-15-6-8-16(9-7-15)13-29-22-20(26-27-29)23(31)25-21(24-22)17-4-2-10-28(14-17)19(30)12-18-5-3-11-32-18/h3,5-9,11,17H,2,4,10,12-14H2,1H3,(H,24,25,31)/t17-/m0/s1. The van der Waals surface area contributed by atoms with Gasteiger partial charge in [-0.25, -0.2) is 9.67 Å². The van der Waals surface area contributed by atoms with E-state index in [0.717, 1.165) is 29.8 Å². The van der Waals surface area contributed by atoms with Gasteiger partial charge in [-0.1, -0.05) is 41.1 Å². The molecular weight excluding hydrogens is 424 g/mol. The van der Waals surface area contributed by atoms with Gasteiger partial charge in [0.15, 0.2) is 11.2 Å². The molecule has 1 saturated heterocycles. The molecule has 1 aromatic carbocycles. The maximum atomic E-state index is 12.8. The van der Waals surface area contributed by atoms with Crippen molar-refractivity contribution in [1.82, 2.24) is 29.9 Å². The lowest BCUT2D eigenvalue weighted by Crippen LogP contribution is -2.40. The molecule has 1 atom stereocenters. The Kier molecular flexibility index (Phi) is 5.57. The summed E-state index contributed by atoms with van der Waals surface area (Å²) >= 11 is 1.60. The fourth-order valence-corrected chi connectivity index (χ4v) is 4.85. The maximum absolute atomic E-state index is 12.8. The summed E-state index contributed by atoms with van der Waals surface area (Å²) < 4.78 is 1.67. The molecule has 1 N–H and O–H groups in total. The van der Waals surface area contributed by atoms with E-state index < -0.39 is 0 Å². The van der Waals surface area contributed by atoms with Gasteiger partial charge in [-0.3, -0.25) is 9.59 Å². The summed E-state index contributed by atoms with van der Waals surface area (Å²) in [5, 5.41) is 10.2. The molecule has 1 aliphatic rings. The van der Waals surface area contributed by atoms with Crippen LogP contribution in [0.5, 0.6) is 0 Å². The SMILES string of the molecule is Cc1ccc(Cn2nnc3c(=O)[nH]c([C@H]4CCCN(C(=O)Cc5cccs5)C4)nc32)cc1. The van der Waals surface area contributed by atoms with E-state index in [1.54, 1.807) is 16.0 Å². The second kappa shape index (κ2) is 8.66. The molecule has 9 heteroatoms. The maximum Gasteiger partial charge on any atom is 0.281 e. The van der Waals surface area contributed by atoms with Gasteiger partial charge in [0.05, 0.1) is 13.0 Å². The number of hydrogen-bond acceptors (Lipinski definition) is 6. The Hall–Kier alpha value is -3.33. The largest absolute Gasteiger partial charge is 0.342 e. The van der Waals surface area contributed by atoms with E-state index in [1.165, 1.54) is 5.56 Å². The Morgan fingerprint density at radius 1 is 1.25 bits per heavy atom. The summed E-state index contributed by atoms with van der Waals surface area (Å²) in [6, 6.07) is 12.1. The number of H-pyrrole nitrogens is 1. The van der Waals surface area contributed by atoms with Gasteiger partial charge in [-0.2, -0.15) is 0 Å². The molecule has 32 heavy (non-hydrogen) atoms. The fourth-order valence-electron chi connectivity index (χ4n) is 4.15. The first-order valence-corrected chi connectivity index (χ1v) is 11.6. The van der Waals surface area contributed by atoms with Crippen molar-refractivity contribution in [2.45, 2.75) is 38.6 Å². The number of piperidine rings is 1. The van der Waals surface area contributed by atoms with Crippen LogP contribution in [0.2, 0.25) is 0 Å². The summed E-state index contributed by atoms with van der Waals surface area (Å²) in [5.41, 5.74) is 2.68. The minimum absolute atomic E-state index is 0.0177. The van der Waals surface area contributed by atoms with Crippen LogP contribution >= 0.6 is 11.3 Å². The van der Waals surface area contributed by atoms with Crippen molar-refractivity contribution in [2.24, 2.45) is 0 Å². The molecule has 5 rings (SSSR count). The predicted molar refractivity (Wildman–Crippen MR) is 123 cm³/mol. The average Bonchev–Trinajstić information content (AvgIpc) is 3.46. The number of nitrogens with one attached hydrogen (secondary N) is 1. The van der Waals surface area contributed by atoms with Crippen LogP contribution in [-0.4, -0.2) is 48.9 Å². The molecule has 1 fully saturated rings. The summed E-state index contributed by atoms with van der Waals surface area (Å²) in [5.74, 6) is 0.700. The number of rotatable bonds is 5. The zero-order valence-electron chi connectivity index (χ0n) is 17.8. The number of carbonyl (C=O) groups is 1. The lowest BCUT2D eigenvalue weighted by molar-refractivity contribution is -0.131. The highest BCUT2D eigenvalue weighted by Crippen LogP contribution is 2.25. The van der Waals surface area contributed by atoms with E-state index in [9.17, 15) is 9.59 Å². The number of hydrogen-bond donors (Lipinski definition) is 1. The highest BCUT2D eigenvalue weighted by Gasteiger charge is 2.27. The number of fused-ring (bicyclic) bond motifs is 1. The van der Waals surface area contributed by atoms with E-state index in [1.807, 2.05) is 53.6 Å². The predicted octanol–water partition coefficient (Wildman–Crippen LogP) is 2.88. The van der Waals surface area contributed by atoms with Gasteiger partial charge in [0, 0.05) is 23.9 Å². The number of amides is 1. The lowest BCUT2D eigenvalue weighted by Gasteiger charge is -2.32. The second-order valence-corrected chi connectivity index (χ2v) is 9.32. The Labute approximate surface area is 188 Å². The third kappa shape index (κ3) is 4.20. The summed E-state index contributed by atoms with van der Waals surface area (Å²) in [6.07, 6.45) is 2.17. The van der Waals surface area contributed by atoms with Crippen molar-refractivity contribution in [1.29, 1.82) is 0 Å². The van der Waals surface area contributed by atoms with Crippen LogP contribution in [0.3, 0.4) is 0 Å². The molecule has 0 saturated carbocycles. The first kappa shape index (κ1) is 20.6. The third-order valence-electron chi connectivity index (χ3n) is 5.91. The molecular formula is C23H24N6O2S. The number of nitrogens with zero attached hydrogens (tertiary/aromatic N) is 5. The quantitative estimate of drug-likeness (QED) is 0.506. The first-order chi connectivity index (χ1) is 15.6. The highest BCUT2D eigenvalue weighted by atomic mass is 32.1. The normalized spacial score (nSPS) is 16.5. The molecule has 1 amide bonds. The molecule has 0 unspecified atom stereocenters. The van der Waals surface area contributed by atoms with E-state index in [2.05, 4.69) is 15.3 Å². The molecule has 1 aliphatic heterocycles. The fraction of sp³-hybridized carbons (Fsp3) is 0.348. The van der Waals surface area contributed by atoms with Crippen molar-refractivity contribution in [3.8, 4) is 0 Å². The van der Waals surface area contributed by atoms with Crippen molar-refractivity contribution in [3.63, 3.8) is 0 Å². The number of aromatic nitrogens is 5. The van der Waals surface area contributed by atoms with Crippen molar-refractivity contribution in [3.05, 3.63) is 74.0 Å². The topological polar surface area (TPSA) is 96.8 Å². The van der Waals surface area contributed by atoms with E-state index >= 15 is 0 Å². The van der Waals surface area contributed by atoms with Crippen LogP contribution in [0.1, 0.15) is 40.6 Å². The van der Waals surface area contributed by atoms with E-state index in [0.29, 0.717) is 31.0 Å². The Morgan fingerprint density at radius 3 is 2.88 bits per heavy atom. The molecule has 0 radical (unpaired) electrons. The molecule has 3 aromatic heterocycles. The smallest absolute Gasteiger partial charge is 0.281 e. The van der Waals surface area contributed by atoms with Gasteiger partial charge in [-0.05, 0) is 36.8 Å². The van der Waals surface area contributed by atoms with Crippen molar-refractivity contribution in [2.75, 3.05) is 13.1 Å². The van der Waals surface area contributed by atoms with E-state index in [-0.39, 0.29) is 22.9 Å². The first-order valence-electron chi connectivity index (χ1n) is 10.8. The number of aryl methyl sites for hydroxylation is 1. The lowest BCUT2D eigenvalue weighted by atomic mass is 9.97. The van der Waals surface area contributed by atoms with Crippen LogP contribution in [0.4, 0.5) is 0 Å². The van der Waals surface area contributed by atoms with Gasteiger partial charge in [0.25, 0.3) is 5.56 Å². The molecule has 4 heterocycles. The molecule has 0 aliphatic carbocycles. The highest BCUT2D eigenvalue weighted by molar-refractivity contribution is 7.10. The summed E-state index contributed by atoms with van der Waals surface area (Å²) in [6.45, 7) is 3.82. The molecule has 4 aromatic rings.